The summed E-state index contributed by atoms with van der Waals surface area (Å²) in [5, 5.41) is 12.4. The lowest BCUT2D eigenvalue weighted by Crippen LogP contribution is -2.42. The van der Waals surface area contributed by atoms with Gasteiger partial charge in [-0.2, -0.15) is 14.6 Å². The van der Waals surface area contributed by atoms with E-state index in [4.69, 9.17) is 32.0 Å². The van der Waals surface area contributed by atoms with E-state index >= 15 is 0 Å². The average molecular weight is 595 g/mol. The van der Waals surface area contributed by atoms with Gasteiger partial charge in [-0.15, -0.1) is 0 Å². The van der Waals surface area contributed by atoms with Crippen LogP contribution in [0.25, 0.3) is 16.9 Å². The molecular formula is C28H28ClFN8O4. The van der Waals surface area contributed by atoms with Gasteiger partial charge < -0.3 is 15.8 Å². The summed E-state index contributed by atoms with van der Waals surface area (Å²) in [7, 11) is 1.58. The molecule has 0 aliphatic carbocycles. The molecule has 5 rings (SSSR count). The minimum Gasteiger partial charge on any atom is -0.383 e. The average Bonchev–Trinajstić information content (AvgIpc) is 3.52. The van der Waals surface area contributed by atoms with Crippen LogP contribution < -0.4 is 16.4 Å². The first-order valence-electron chi connectivity index (χ1n) is 13.0. The number of carbonyl (C=O) groups excluding carboxylic acids is 2. The van der Waals surface area contributed by atoms with E-state index in [0.717, 1.165) is 0 Å². The number of carbonyl (C=O) groups is 2. The molecule has 0 saturated carbocycles. The lowest BCUT2D eigenvalue weighted by atomic mass is 10.0. The van der Waals surface area contributed by atoms with Gasteiger partial charge in [-0.25, -0.2) is 19.4 Å². The van der Waals surface area contributed by atoms with Gasteiger partial charge in [0.1, 0.15) is 17.6 Å². The third-order valence-electron chi connectivity index (χ3n) is 6.67. The maximum Gasteiger partial charge on any atom is 0.320 e. The molecule has 4 aromatic rings. The van der Waals surface area contributed by atoms with Gasteiger partial charge in [0.05, 0.1) is 29.1 Å². The summed E-state index contributed by atoms with van der Waals surface area (Å²) in [6, 6.07) is 12.7. The van der Waals surface area contributed by atoms with Gasteiger partial charge in [-0.1, -0.05) is 29.8 Å². The van der Waals surface area contributed by atoms with E-state index in [1.54, 1.807) is 35.9 Å². The van der Waals surface area contributed by atoms with E-state index in [1.807, 2.05) is 30.3 Å². The molecule has 1 aliphatic heterocycles. The summed E-state index contributed by atoms with van der Waals surface area (Å²) in [4.78, 5) is 38.8. The number of hydroxylamine groups is 2. The molecule has 0 spiro atoms. The summed E-state index contributed by atoms with van der Waals surface area (Å²) in [6.45, 7) is 2.99. The summed E-state index contributed by atoms with van der Waals surface area (Å²) < 4.78 is 20.7. The van der Waals surface area contributed by atoms with Gasteiger partial charge in [0.2, 0.25) is 5.95 Å². The highest BCUT2D eigenvalue weighted by Gasteiger charge is 2.37. The Hall–Kier alpha value is -4.43. The lowest BCUT2D eigenvalue weighted by molar-refractivity contribution is -0.154. The molecule has 2 atom stereocenters. The van der Waals surface area contributed by atoms with Crippen LogP contribution in [-0.2, 0) is 9.57 Å². The van der Waals surface area contributed by atoms with Crippen LogP contribution in [0.4, 0.5) is 15.0 Å². The smallest absolute Gasteiger partial charge is 0.320 e. The molecule has 0 unspecified atom stereocenters. The molecule has 4 N–H and O–H groups in total. The molecule has 1 aromatic carbocycles. The number of hydrogen-bond acceptors (Lipinski definition) is 8. The number of methoxy groups -OCH3 is 1. The number of amides is 3. The Morgan fingerprint density at radius 3 is 2.69 bits per heavy atom. The summed E-state index contributed by atoms with van der Waals surface area (Å²) in [6.07, 6.45) is 2.14. The number of para-hydroxylation sites is 1. The Morgan fingerprint density at radius 2 is 2.00 bits per heavy atom. The van der Waals surface area contributed by atoms with Crippen LogP contribution in [0.3, 0.4) is 0 Å². The minimum absolute atomic E-state index is 0.0553. The van der Waals surface area contributed by atoms with Crippen molar-refractivity contribution in [2.75, 3.05) is 32.1 Å². The van der Waals surface area contributed by atoms with E-state index in [0.29, 0.717) is 53.6 Å². The molecule has 218 valence electrons. The molecular weight excluding hydrogens is 567 g/mol. The number of nitrogens with one attached hydrogen (secondary N) is 2. The number of rotatable bonds is 9. The molecule has 1 aliphatic rings. The zero-order valence-electron chi connectivity index (χ0n) is 22.8. The zero-order chi connectivity index (χ0) is 29.8. The maximum atomic E-state index is 13.9. The van der Waals surface area contributed by atoms with Gasteiger partial charge in [0.15, 0.2) is 0 Å². The Morgan fingerprint density at radius 1 is 1.21 bits per heavy atom. The molecule has 12 nitrogen and oxygen atoms in total. The summed E-state index contributed by atoms with van der Waals surface area (Å²) >= 11 is 6.26. The van der Waals surface area contributed by atoms with E-state index in [-0.39, 0.29) is 10.7 Å². The lowest BCUT2D eigenvalue weighted by Gasteiger charge is -2.19. The molecule has 4 heterocycles. The highest BCUT2D eigenvalue weighted by atomic mass is 35.5. The fourth-order valence-corrected chi connectivity index (χ4v) is 4.93. The molecule has 3 aromatic heterocycles. The Kier molecular flexibility index (Phi) is 8.73. The number of ether oxygens (including phenoxy) is 1. The van der Waals surface area contributed by atoms with Crippen LogP contribution in [0, 0.1) is 12.9 Å². The van der Waals surface area contributed by atoms with Crippen molar-refractivity contribution in [2.45, 2.75) is 19.1 Å². The first-order valence-corrected chi connectivity index (χ1v) is 13.3. The van der Waals surface area contributed by atoms with Crippen LogP contribution in [0.5, 0.6) is 0 Å². The Bertz CT molecular complexity index is 1600. The van der Waals surface area contributed by atoms with Crippen molar-refractivity contribution in [3.63, 3.8) is 0 Å². The predicted molar refractivity (Wildman–Crippen MR) is 152 cm³/mol. The van der Waals surface area contributed by atoms with Gasteiger partial charge in [-0.3, -0.25) is 14.9 Å². The molecule has 0 radical (unpaired) electrons. The molecule has 0 bridgehead atoms. The van der Waals surface area contributed by atoms with E-state index in [1.165, 1.54) is 18.5 Å². The second kappa shape index (κ2) is 12.6. The van der Waals surface area contributed by atoms with Gasteiger partial charge >= 0.3 is 6.03 Å². The van der Waals surface area contributed by atoms with Crippen molar-refractivity contribution in [3.05, 3.63) is 88.7 Å². The summed E-state index contributed by atoms with van der Waals surface area (Å²) in [5.74, 6) is -1.00. The third kappa shape index (κ3) is 6.24. The predicted octanol–water partition coefficient (Wildman–Crippen LogP) is 3.65. The highest BCUT2D eigenvalue weighted by Crippen LogP contribution is 2.33. The van der Waals surface area contributed by atoms with Crippen molar-refractivity contribution < 1.29 is 23.6 Å². The van der Waals surface area contributed by atoms with E-state index < -0.39 is 30.0 Å². The van der Waals surface area contributed by atoms with Crippen molar-refractivity contribution in [1.82, 2.24) is 30.1 Å². The van der Waals surface area contributed by atoms with Crippen molar-refractivity contribution in [2.24, 2.45) is 5.73 Å². The number of urea groups is 1. The number of aromatic nitrogens is 4. The number of primary amides is 1. The zero-order valence-corrected chi connectivity index (χ0v) is 23.5. The number of halogens is 2. The van der Waals surface area contributed by atoms with Crippen LogP contribution in [0.1, 0.15) is 27.7 Å². The van der Waals surface area contributed by atoms with Gasteiger partial charge in [-0.05, 0) is 42.8 Å². The standard InChI is InChI=1S/C28H28ClFN8O4/c1-16-23(18-12-20(29)24(26(31)39)33-14-18)36-38(19-6-4-3-5-7-19)27(16)35-28(40)34-21-15-37(10-11-41-2)42-25(21)17-8-9-32-22(30)13-17/h3-9,12-14,21,25H,10-11,15H2,1-2H3,(H2,31,39)(H2,34,35,40)/t21-,25+/m1/s1. The van der Waals surface area contributed by atoms with Crippen LogP contribution in [0.2, 0.25) is 5.02 Å². The number of hydrogen-bond donors (Lipinski definition) is 3. The van der Waals surface area contributed by atoms with Gasteiger partial charge in [0, 0.05) is 43.7 Å². The largest absolute Gasteiger partial charge is 0.383 e. The van der Waals surface area contributed by atoms with Gasteiger partial charge in [0.25, 0.3) is 5.91 Å². The number of nitrogens with two attached hydrogens (primary N) is 1. The van der Waals surface area contributed by atoms with Crippen molar-refractivity contribution in [1.29, 1.82) is 0 Å². The SMILES string of the molecule is COCCN1C[C@@H](NC(=O)Nc2c(C)c(-c3cnc(C(N)=O)c(Cl)c3)nn2-c2ccccc2)[C@H](c2ccnc(F)c2)O1. The third-order valence-corrected chi connectivity index (χ3v) is 6.96. The Balaban J connectivity index is 1.44. The monoisotopic (exact) mass is 594 g/mol. The first-order chi connectivity index (χ1) is 20.2. The van der Waals surface area contributed by atoms with Crippen LogP contribution in [0.15, 0.2) is 60.9 Å². The fourth-order valence-electron chi connectivity index (χ4n) is 4.67. The van der Waals surface area contributed by atoms with Crippen LogP contribution in [-0.4, -0.2) is 69.6 Å². The van der Waals surface area contributed by atoms with E-state index in [2.05, 4.69) is 20.6 Å². The molecule has 42 heavy (non-hydrogen) atoms. The number of pyridine rings is 2. The molecule has 1 saturated heterocycles. The second-order valence-corrected chi connectivity index (χ2v) is 9.92. The fraction of sp³-hybridized carbons (Fsp3) is 0.250. The molecule has 1 fully saturated rings. The number of anilines is 1. The molecule has 3 amide bonds. The minimum atomic E-state index is -0.749. The number of nitrogens with zero attached hydrogens (tertiary/aromatic N) is 5. The first kappa shape index (κ1) is 29.1. The van der Waals surface area contributed by atoms with E-state index in [9.17, 15) is 14.0 Å². The normalized spacial score (nSPS) is 16.9. The second-order valence-electron chi connectivity index (χ2n) is 9.51. The Labute approximate surface area is 245 Å². The highest BCUT2D eigenvalue weighted by molar-refractivity contribution is 6.33. The maximum absolute atomic E-state index is 13.9. The number of benzene rings is 1. The van der Waals surface area contributed by atoms with Crippen molar-refractivity contribution >= 4 is 29.4 Å². The topological polar surface area (TPSA) is 150 Å². The molecule has 14 heteroatoms. The van der Waals surface area contributed by atoms with Crippen molar-refractivity contribution in [3.8, 4) is 16.9 Å². The summed E-state index contributed by atoms with van der Waals surface area (Å²) in [5.41, 5.74) is 8.15. The van der Waals surface area contributed by atoms with Crippen LogP contribution >= 0.6 is 11.6 Å². The quantitative estimate of drug-likeness (QED) is 0.249.